The largest absolute Gasteiger partial charge is 0.396 e. The molecule has 0 aliphatic carbocycles. The molecule has 2 rings (SSSR count). The van der Waals surface area contributed by atoms with Gasteiger partial charge in [-0.3, -0.25) is 5.10 Å². The zero-order valence-electron chi connectivity index (χ0n) is 11.6. The third kappa shape index (κ3) is 3.88. The van der Waals surface area contributed by atoms with Gasteiger partial charge < -0.3 is 10.4 Å². The number of H-pyrrole nitrogens is 1. The van der Waals surface area contributed by atoms with E-state index in [0.717, 1.165) is 29.8 Å². The highest BCUT2D eigenvalue weighted by Gasteiger charge is 2.08. The van der Waals surface area contributed by atoms with E-state index >= 15 is 0 Å². The number of rotatable bonds is 7. The second kappa shape index (κ2) is 7.17. The summed E-state index contributed by atoms with van der Waals surface area (Å²) < 4.78 is 12.9. The average molecular weight is 277 g/mol. The Kier molecular flexibility index (Phi) is 5.26. The van der Waals surface area contributed by atoms with E-state index in [2.05, 4.69) is 22.4 Å². The van der Waals surface area contributed by atoms with Gasteiger partial charge in [0.05, 0.1) is 11.9 Å². The molecule has 108 valence electrons. The molecule has 0 aliphatic heterocycles. The van der Waals surface area contributed by atoms with E-state index in [9.17, 15) is 4.39 Å². The van der Waals surface area contributed by atoms with Crippen LogP contribution in [0.3, 0.4) is 0 Å². The monoisotopic (exact) mass is 277 g/mol. The van der Waals surface area contributed by atoms with Gasteiger partial charge in [0.1, 0.15) is 5.82 Å². The molecule has 20 heavy (non-hydrogen) atoms. The molecule has 5 heteroatoms. The van der Waals surface area contributed by atoms with Crippen molar-refractivity contribution in [3.8, 4) is 11.3 Å². The summed E-state index contributed by atoms with van der Waals surface area (Å²) in [7, 11) is 0. The van der Waals surface area contributed by atoms with Gasteiger partial charge in [0.15, 0.2) is 0 Å². The van der Waals surface area contributed by atoms with Gasteiger partial charge in [-0.05, 0) is 43.1 Å². The summed E-state index contributed by atoms with van der Waals surface area (Å²) in [5.74, 6) is 0.187. The number of benzene rings is 1. The molecule has 4 nitrogen and oxygen atoms in total. The first-order valence-corrected chi connectivity index (χ1v) is 6.80. The van der Waals surface area contributed by atoms with Crippen molar-refractivity contribution >= 4 is 0 Å². The number of aliphatic hydroxyl groups is 1. The summed E-state index contributed by atoms with van der Waals surface area (Å²) in [6.45, 7) is 3.85. The van der Waals surface area contributed by atoms with Crippen molar-refractivity contribution < 1.29 is 9.50 Å². The number of nitrogens with zero attached hydrogens (tertiary/aromatic N) is 1. The van der Waals surface area contributed by atoms with Crippen LogP contribution in [0.15, 0.2) is 30.5 Å². The Hall–Kier alpha value is -1.72. The van der Waals surface area contributed by atoms with Crippen molar-refractivity contribution in [1.29, 1.82) is 0 Å². The Morgan fingerprint density at radius 2 is 2.10 bits per heavy atom. The predicted octanol–water partition coefficient (Wildman–Crippen LogP) is 2.32. The van der Waals surface area contributed by atoms with Crippen molar-refractivity contribution in [2.24, 2.45) is 5.92 Å². The Morgan fingerprint density at radius 1 is 1.35 bits per heavy atom. The molecule has 0 radical (unpaired) electrons. The van der Waals surface area contributed by atoms with Crippen LogP contribution in [0.2, 0.25) is 0 Å². The number of hydrogen-bond acceptors (Lipinski definition) is 3. The van der Waals surface area contributed by atoms with Crippen molar-refractivity contribution in [3.05, 3.63) is 41.8 Å². The Morgan fingerprint density at radius 3 is 2.80 bits per heavy atom. The third-order valence-electron chi connectivity index (χ3n) is 3.28. The molecule has 1 heterocycles. The van der Waals surface area contributed by atoms with Gasteiger partial charge in [-0.1, -0.05) is 6.92 Å². The molecule has 1 unspecified atom stereocenters. The zero-order chi connectivity index (χ0) is 14.4. The number of hydrogen-bond donors (Lipinski definition) is 3. The number of aromatic amines is 1. The first-order chi connectivity index (χ1) is 9.70. The molecular weight excluding hydrogens is 257 g/mol. The van der Waals surface area contributed by atoms with Crippen LogP contribution in [0.1, 0.15) is 18.9 Å². The summed E-state index contributed by atoms with van der Waals surface area (Å²) in [6.07, 6.45) is 2.58. The molecule has 2 aromatic rings. The topological polar surface area (TPSA) is 60.9 Å². The lowest BCUT2D eigenvalue weighted by molar-refractivity contribution is 0.260. The van der Waals surface area contributed by atoms with Crippen molar-refractivity contribution in [3.63, 3.8) is 0 Å². The maximum Gasteiger partial charge on any atom is 0.123 e. The van der Waals surface area contributed by atoms with Gasteiger partial charge in [0.25, 0.3) is 0 Å². The highest BCUT2D eigenvalue weighted by Crippen LogP contribution is 2.21. The fraction of sp³-hybridized carbons (Fsp3) is 0.400. The molecule has 0 saturated carbocycles. The Labute approximate surface area is 118 Å². The smallest absolute Gasteiger partial charge is 0.123 e. The summed E-state index contributed by atoms with van der Waals surface area (Å²) in [5, 5.41) is 19.2. The van der Waals surface area contributed by atoms with Crippen molar-refractivity contribution in [1.82, 2.24) is 15.5 Å². The lowest BCUT2D eigenvalue weighted by atomic mass is 10.1. The first kappa shape index (κ1) is 14.7. The molecule has 0 fully saturated rings. The van der Waals surface area contributed by atoms with E-state index < -0.39 is 0 Å². The van der Waals surface area contributed by atoms with E-state index in [1.165, 1.54) is 12.1 Å². The van der Waals surface area contributed by atoms with Crippen LogP contribution in [0.4, 0.5) is 4.39 Å². The molecule has 0 saturated heterocycles. The van der Waals surface area contributed by atoms with Gasteiger partial charge in [0.2, 0.25) is 0 Å². The van der Waals surface area contributed by atoms with Crippen LogP contribution < -0.4 is 5.32 Å². The predicted molar refractivity (Wildman–Crippen MR) is 76.6 cm³/mol. The lowest BCUT2D eigenvalue weighted by Crippen LogP contribution is -2.21. The van der Waals surface area contributed by atoms with E-state index in [4.69, 9.17) is 5.11 Å². The van der Waals surface area contributed by atoms with Gasteiger partial charge in [0, 0.05) is 24.3 Å². The molecule has 3 N–H and O–H groups in total. The van der Waals surface area contributed by atoms with Gasteiger partial charge in [-0.2, -0.15) is 5.10 Å². The van der Waals surface area contributed by atoms with E-state index in [1.807, 2.05) is 0 Å². The highest BCUT2D eigenvalue weighted by molar-refractivity contribution is 5.62. The molecule has 1 aromatic carbocycles. The fourth-order valence-corrected chi connectivity index (χ4v) is 2.09. The van der Waals surface area contributed by atoms with Crippen LogP contribution in [0.25, 0.3) is 11.3 Å². The van der Waals surface area contributed by atoms with Crippen LogP contribution in [-0.2, 0) is 6.54 Å². The minimum Gasteiger partial charge on any atom is -0.396 e. The third-order valence-corrected chi connectivity index (χ3v) is 3.28. The van der Waals surface area contributed by atoms with Crippen LogP contribution in [0, 0.1) is 11.7 Å². The minimum absolute atomic E-state index is 0.218. The second-order valence-corrected chi connectivity index (χ2v) is 5.03. The first-order valence-electron chi connectivity index (χ1n) is 6.80. The van der Waals surface area contributed by atoms with Crippen molar-refractivity contribution in [2.45, 2.75) is 19.9 Å². The maximum absolute atomic E-state index is 12.9. The summed E-state index contributed by atoms with van der Waals surface area (Å²) in [6, 6.07) is 6.36. The second-order valence-electron chi connectivity index (χ2n) is 5.03. The molecule has 0 amide bonds. The van der Waals surface area contributed by atoms with Crippen LogP contribution >= 0.6 is 0 Å². The Bertz CT molecular complexity index is 524. The van der Waals surface area contributed by atoms with E-state index in [-0.39, 0.29) is 12.4 Å². The molecular formula is C15H20FN3O. The highest BCUT2D eigenvalue weighted by atomic mass is 19.1. The fourth-order valence-electron chi connectivity index (χ4n) is 2.09. The number of aliphatic hydroxyl groups excluding tert-OH is 1. The number of halogens is 1. The summed E-state index contributed by atoms with van der Waals surface area (Å²) in [4.78, 5) is 0. The molecule has 0 bridgehead atoms. The number of aromatic nitrogens is 2. The minimum atomic E-state index is -0.245. The summed E-state index contributed by atoms with van der Waals surface area (Å²) >= 11 is 0. The quantitative estimate of drug-likeness (QED) is 0.728. The zero-order valence-corrected chi connectivity index (χ0v) is 11.6. The van der Waals surface area contributed by atoms with Crippen LogP contribution in [0.5, 0.6) is 0 Å². The van der Waals surface area contributed by atoms with Gasteiger partial charge in [-0.15, -0.1) is 0 Å². The standard InChI is InChI=1S/C15H20FN3O/c1-11(6-7-20)8-17-9-13-10-18-19-15(13)12-2-4-14(16)5-3-12/h2-5,10-11,17,20H,6-9H2,1H3,(H,18,19). The van der Waals surface area contributed by atoms with E-state index in [0.29, 0.717) is 12.5 Å². The van der Waals surface area contributed by atoms with Gasteiger partial charge >= 0.3 is 0 Å². The Balaban J connectivity index is 1.97. The van der Waals surface area contributed by atoms with E-state index in [1.54, 1.807) is 18.3 Å². The van der Waals surface area contributed by atoms with Crippen LogP contribution in [-0.4, -0.2) is 28.5 Å². The summed E-state index contributed by atoms with van der Waals surface area (Å²) in [5.41, 5.74) is 2.88. The van der Waals surface area contributed by atoms with Crippen molar-refractivity contribution in [2.75, 3.05) is 13.2 Å². The molecule has 1 aromatic heterocycles. The normalized spacial score (nSPS) is 12.6. The average Bonchev–Trinajstić information content (AvgIpc) is 2.88. The molecule has 1 atom stereocenters. The van der Waals surface area contributed by atoms with Gasteiger partial charge in [-0.25, -0.2) is 4.39 Å². The number of nitrogens with one attached hydrogen (secondary N) is 2. The molecule has 0 spiro atoms. The lowest BCUT2D eigenvalue weighted by Gasteiger charge is -2.11. The maximum atomic E-state index is 12.9. The SMILES string of the molecule is CC(CCO)CNCc1cn[nH]c1-c1ccc(F)cc1. The molecule has 0 aliphatic rings.